The van der Waals surface area contributed by atoms with E-state index in [2.05, 4.69) is 10.4 Å². The molecular weight excluding hydrogens is 298 g/mol. The van der Waals surface area contributed by atoms with Crippen LogP contribution in [0.5, 0.6) is 0 Å². The lowest BCUT2D eigenvalue weighted by atomic mass is 10.1. The predicted molar refractivity (Wildman–Crippen MR) is 84.8 cm³/mol. The molecule has 1 atom stereocenters. The van der Waals surface area contributed by atoms with Crippen LogP contribution in [0, 0.1) is 0 Å². The van der Waals surface area contributed by atoms with Gasteiger partial charge in [-0.1, -0.05) is 30.3 Å². The van der Waals surface area contributed by atoms with Gasteiger partial charge in [-0.3, -0.25) is 0 Å². The largest absolute Gasteiger partial charge is 0.457 e. The van der Waals surface area contributed by atoms with Crippen LogP contribution in [0.15, 0.2) is 58.0 Å². The topological polar surface area (TPSA) is 52.3 Å². The molecule has 0 amide bonds. The predicted octanol–water partition coefficient (Wildman–Crippen LogP) is 4.19. The highest BCUT2D eigenvalue weighted by Gasteiger charge is 2.21. The first-order chi connectivity index (χ1) is 10.7. The molecule has 1 unspecified atom stereocenters. The van der Waals surface area contributed by atoms with Gasteiger partial charge in [-0.25, -0.2) is 9.78 Å². The van der Waals surface area contributed by atoms with Crippen LogP contribution in [0.25, 0.3) is 11.3 Å². The first-order valence-electron chi connectivity index (χ1n) is 6.95. The van der Waals surface area contributed by atoms with E-state index in [4.69, 9.17) is 9.15 Å². The number of hydrogen-bond donors (Lipinski definition) is 0. The van der Waals surface area contributed by atoms with Gasteiger partial charge in [0.25, 0.3) is 0 Å². The van der Waals surface area contributed by atoms with Gasteiger partial charge < -0.3 is 9.15 Å². The molecule has 5 heteroatoms. The molecule has 0 fully saturated rings. The second-order valence-electron chi connectivity index (χ2n) is 4.95. The van der Waals surface area contributed by atoms with E-state index in [-0.39, 0.29) is 11.8 Å². The third-order valence-electron chi connectivity index (χ3n) is 3.21. The molecule has 0 aliphatic carbocycles. The summed E-state index contributed by atoms with van der Waals surface area (Å²) < 4.78 is 10.8. The van der Waals surface area contributed by atoms with Gasteiger partial charge in [0.15, 0.2) is 17.8 Å². The van der Waals surface area contributed by atoms with Crippen molar-refractivity contribution in [3.63, 3.8) is 0 Å². The quantitative estimate of drug-likeness (QED) is 0.663. The van der Waals surface area contributed by atoms with E-state index in [0.717, 1.165) is 11.1 Å². The second-order valence-corrected chi connectivity index (χ2v) is 5.73. The van der Waals surface area contributed by atoms with Gasteiger partial charge in [0.2, 0.25) is 0 Å². The number of oxazole rings is 1. The molecule has 3 rings (SSSR count). The molecule has 112 valence electrons. The molecule has 0 spiro atoms. The Kier molecular flexibility index (Phi) is 4.34. The summed E-state index contributed by atoms with van der Waals surface area (Å²) in [6.45, 7) is 1.87. The van der Waals surface area contributed by atoms with Gasteiger partial charge in [-0.2, -0.15) is 11.3 Å². The maximum absolute atomic E-state index is 12.3. The molecule has 0 aliphatic heterocycles. The molecule has 22 heavy (non-hydrogen) atoms. The fraction of sp³-hybridized carbons (Fsp3) is 0.176. The third kappa shape index (κ3) is 3.26. The van der Waals surface area contributed by atoms with E-state index in [9.17, 15) is 4.79 Å². The molecule has 3 aromatic rings. The van der Waals surface area contributed by atoms with Crippen molar-refractivity contribution in [1.82, 2.24) is 4.98 Å². The van der Waals surface area contributed by atoms with Gasteiger partial charge >= 0.3 is 5.97 Å². The van der Waals surface area contributed by atoms with Gasteiger partial charge in [0, 0.05) is 12.0 Å². The van der Waals surface area contributed by atoms with Crippen molar-refractivity contribution in [1.29, 1.82) is 0 Å². The molecule has 0 bridgehead atoms. The Hall–Kier alpha value is -2.40. The number of nitrogens with zero attached hydrogens (tertiary/aromatic N) is 1. The number of carbonyl (C=O) groups is 1. The average molecular weight is 313 g/mol. The fourth-order valence-corrected chi connectivity index (χ4v) is 2.89. The van der Waals surface area contributed by atoms with Crippen molar-refractivity contribution in [2.24, 2.45) is 0 Å². The highest BCUT2D eigenvalue weighted by atomic mass is 32.1. The van der Waals surface area contributed by atoms with Gasteiger partial charge in [0.05, 0.1) is 0 Å². The number of aromatic nitrogens is 1. The van der Waals surface area contributed by atoms with Crippen LogP contribution < -0.4 is 0 Å². The van der Waals surface area contributed by atoms with Crippen LogP contribution in [0.2, 0.25) is 0 Å². The average Bonchev–Trinajstić information content (AvgIpc) is 3.18. The van der Waals surface area contributed by atoms with E-state index in [1.165, 1.54) is 6.39 Å². The molecule has 0 saturated heterocycles. The highest BCUT2D eigenvalue weighted by Crippen LogP contribution is 2.23. The zero-order valence-corrected chi connectivity index (χ0v) is 12.9. The van der Waals surface area contributed by atoms with Crippen molar-refractivity contribution in [3.8, 4) is 11.3 Å². The lowest BCUT2D eigenvalue weighted by molar-refractivity contribution is 0.0337. The van der Waals surface area contributed by atoms with Crippen LogP contribution in [0.4, 0.5) is 0 Å². The standard InChI is InChI=1S/C17H15NO3S/c1-12(9-13-7-8-22-10-13)21-17(19)15-16(20-11-18-15)14-5-3-2-4-6-14/h2-8,10-12H,9H2,1H3. The number of ether oxygens (including phenoxy) is 1. The first kappa shape index (κ1) is 14.5. The molecule has 2 heterocycles. The number of rotatable bonds is 5. The SMILES string of the molecule is CC(Cc1ccsc1)OC(=O)c1ncoc1-c1ccccc1. The van der Waals surface area contributed by atoms with Crippen molar-refractivity contribution in [2.75, 3.05) is 0 Å². The lowest BCUT2D eigenvalue weighted by Gasteiger charge is -2.11. The minimum atomic E-state index is -0.463. The van der Waals surface area contributed by atoms with Crippen LogP contribution in [0.1, 0.15) is 23.0 Å². The van der Waals surface area contributed by atoms with Crippen molar-refractivity contribution in [2.45, 2.75) is 19.4 Å². The van der Waals surface area contributed by atoms with Gasteiger partial charge in [-0.05, 0) is 29.3 Å². The van der Waals surface area contributed by atoms with Crippen LogP contribution in [-0.4, -0.2) is 17.1 Å². The summed E-state index contributed by atoms with van der Waals surface area (Å²) in [6.07, 6.45) is 1.73. The van der Waals surface area contributed by atoms with E-state index < -0.39 is 5.97 Å². The second kappa shape index (κ2) is 6.58. The summed E-state index contributed by atoms with van der Waals surface area (Å²) in [6, 6.07) is 11.4. The lowest BCUT2D eigenvalue weighted by Crippen LogP contribution is -2.18. The maximum Gasteiger partial charge on any atom is 0.361 e. The van der Waals surface area contributed by atoms with Gasteiger partial charge in [-0.15, -0.1) is 0 Å². The molecule has 0 aliphatic rings. The summed E-state index contributed by atoms with van der Waals surface area (Å²) in [5, 5.41) is 4.06. The molecule has 2 aromatic heterocycles. The van der Waals surface area contributed by atoms with Crippen LogP contribution >= 0.6 is 11.3 Å². The summed E-state index contributed by atoms with van der Waals surface area (Å²) in [5.41, 5.74) is 2.18. The van der Waals surface area contributed by atoms with Crippen molar-refractivity contribution >= 4 is 17.3 Å². The third-order valence-corrected chi connectivity index (χ3v) is 3.94. The minimum Gasteiger partial charge on any atom is -0.457 e. The Balaban J connectivity index is 1.72. The summed E-state index contributed by atoms with van der Waals surface area (Å²) >= 11 is 1.63. The molecule has 0 saturated carbocycles. The zero-order valence-electron chi connectivity index (χ0n) is 12.1. The van der Waals surface area contributed by atoms with E-state index in [0.29, 0.717) is 12.2 Å². The van der Waals surface area contributed by atoms with Crippen molar-refractivity contribution in [3.05, 3.63) is 64.8 Å². The smallest absolute Gasteiger partial charge is 0.361 e. The minimum absolute atomic E-state index is 0.211. The van der Waals surface area contributed by atoms with E-state index in [1.54, 1.807) is 11.3 Å². The van der Waals surface area contributed by atoms with E-state index >= 15 is 0 Å². The fourth-order valence-electron chi connectivity index (χ4n) is 2.21. The van der Waals surface area contributed by atoms with E-state index in [1.807, 2.05) is 48.7 Å². The Labute approximate surface area is 132 Å². The molecule has 0 N–H and O–H groups in total. The zero-order chi connectivity index (χ0) is 15.4. The number of carbonyl (C=O) groups excluding carboxylic acids is 1. The summed E-state index contributed by atoms with van der Waals surface area (Å²) in [7, 11) is 0. The summed E-state index contributed by atoms with van der Waals surface area (Å²) in [4.78, 5) is 16.3. The Morgan fingerprint density at radius 1 is 1.32 bits per heavy atom. The molecule has 0 radical (unpaired) electrons. The number of esters is 1. The number of hydrogen-bond acceptors (Lipinski definition) is 5. The van der Waals surface area contributed by atoms with Crippen LogP contribution in [0.3, 0.4) is 0 Å². The van der Waals surface area contributed by atoms with Crippen molar-refractivity contribution < 1.29 is 13.9 Å². The number of benzene rings is 1. The summed E-state index contributed by atoms with van der Waals surface area (Å²) in [5.74, 6) is -0.0244. The Morgan fingerprint density at radius 3 is 2.86 bits per heavy atom. The first-order valence-corrected chi connectivity index (χ1v) is 7.89. The molecule has 4 nitrogen and oxygen atoms in total. The normalized spacial score (nSPS) is 12.0. The Bertz CT molecular complexity index is 734. The molecule has 1 aromatic carbocycles. The molecular formula is C17H15NO3S. The maximum atomic E-state index is 12.3. The highest BCUT2D eigenvalue weighted by molar-refractivity contribution is 7.07. The number of thiophene rings is 1. The Morgan fingerprint density at radius 2 is 2.14 bits per heavy atom. The van der Waals surface area contributed by atoms with Gasteiger partial charge in [0.1, 0.15) is 6.10 Å². The monoisotopic (exact) mass is 313 g/mol. The van der Waals surface area contributed by atoms with Crippen LogP contribution in [-0.2, 0) is 11.2 Å².